The average molecular weight is 252 g/mol. The summed E-state index contributed by atoms with van der Waals surface area (Å²) in [5, 5.41) is 3.57. The van der Waals surface area contributed by atoms with Crippen molar-refractivity contribution in [2.45, 2.75) is 84.0 Å². The van der Waals surface area contributed by atoms with Crippen LogP contribution in [0.25, 0.3) is 0 Å². The predicted octanol–water partition coefficient (Wildman–Crippen LogP) is 2.90. The maximum absolute atomic E-state index is 12.7. The maximum Gasteiger partial charge on any atom is 0.244 e. The molecule has 1 saturated carbocycles. The Kier molecular flexibility index (Phi) is 4.00. The van der Waals surface area contributed by atoms with Crippen molar-refractivity contribution in [1.82, 2.24) is 10.2 Å². The summed E-state index contributed by atoms with van der Waals surface area (Å²) in [6.07, 6.45) is 6.97. The number of nitrogens with one attached hydrogen (secondary N) is 1. The van der Waals surface area contributed by atoms with Crippen LogP contribution in [0.1, 0.15) is 66.2 Å². The molecule has 3 nitrogen and oxygen atoms in total. The van der Waals surface area contributed by atoms with Crippen LogP contribution in [0.15, 0.2) is 0 Å². The second kappa shape index (κ2) is 5.20. The molecule has 0 radical (unpaired) electrons. The summed E-state index contributed by atoms with van der Waals surface area (Å²) >= 11 is 0. The summed E-state index contributed by atoms with van der Waals surface area (Å²) in [5.74, 6) is 1.08. The first-order chi connectivity index (χ1) is 8.46. The highest BCUT2D eigenvalue weighted by Crippen LogP contribution is 2.37. The molecule has 1 aliphatic carbocycles. The number of rotatable bonds is 4. The number of hydrogen-bond acceptors (Lipinski definition) is 2. The van der Waals surface area contributed by atoms with Crippen LogP contribution in [0, 0.1) is 5.92 Å². The third kappa shape index (κ3) is 2.42. The third-order valence-corrected chi connectivity index (χ3v) is 4.64. The highest BCUT2D eigenvalue weighted by atomic mass is 16.2. The molecular formula is C15H28N2O. The summed E-state index contributed by atoms with van der Waals surface area (Å²) in [6.45, 7) is 8.83. The molecule has 1 amide bonds. The third-order valence-electron chi connectivity index (χ3n) is 4.64. The van der Waals surface area contributed by atoms with Crippen LogP contribution >= 0.6 is 0 Å². The Balaban J connectivity index is 2.02. The van der Waals surface area contributed by atoms with Gasteiger partial charge in [-0.25, -0.2) is 0 Å². The lowest BCUT2D eigenvalue weighted by atomic mass is 9.97. The Labute approximate surface area is 111 Å². The molecule has 1 saturated heterocycles. The molecule has 0 aromatic carbocycles. The Morgan fingerprint density at radius 1 is 1.28 bits per heavy atom. The largest absolute Gasteiger partial charge is 0.323 e. The fourth-order valence-corrected chi connectivity index (χ4v) is 3.59. The van der Waals surface area contributed by atoms with Crippen molar-refractivity contribution in [1.29, 1.82) is 0 Å². The minimum Gasteiger partial charge on any atom is -0.323 e. The molecule has 1 spiro atoms. The van der Waals surface area contributed by atoms with Gasteiger partial charge in [-0.3, -0.25) is 10.1 Å². The summed E-state index contributed by atoms with van der Waals surface area (Å²) in [7, 11) is 0. The van der Waals surface area contributed by atoms with Crippen LogP contribution in [0.3, 0.4) is 0 Å². The topological polar surface area (TPSA) is 32.3 Å². The molecule has 0 aromatic rings. The lowest BCUT2D eigenvalue weighted by Crippen LogP contribution is -2.45. The molecule has 1 aliphatic heterocycles. The van der Waals surface area contributed by atoms with Gasteiger partial charge in [-0.05, 0) is 45.4 Å². The van der Waals surface area contributed by atoms with E-state index in [-0.39, 0.29) is 11.7 Å². The zero-order valence-electron chi connectivity index (χ0n) is 12.3. The van der Waals surface area contributed by atoms with Crippen molar-refractivity contribution in [3.63, 3.8) is 0 Å². The van der Waals surface area contributed by atoms with Gasteiger partial charge in [0.2, 0.25) is 5.91 Å². The molecule has 2 fully saturated rings. The van der Waals surface area contributed by atoms with E-state index >= 15 is 0 Å². The van der Waals surface area contributed by atoms with Gasteiger partial charge in [-0.2, -0.15) is 0 Å². The van der Waals surface area contributed by atoms with Crippen LogP contribution in [-0.2, 0) is 4.79 Å². The molecule has 2 rings (SSSR count). The first-order valence-corrected chi connectivity index (χ1v) is 7.57. The molecule has 1 N–H and O–H groups in total. The minimum absolute atomic E-state index is 0.203. The first kappa shape index (κ1) is 13.9. The Bertz CT molecular complexity index is 308. The van der Waals surface area contributed by atoms with Crippen LogP contribution in [-0.4, -0.2) is 28.6 Å². The average Bonchev–Trinajstić information content (AvgIpc) is 2.84. The SMILES string of the molecule is CC(C)CCC(C)N1C(=O)C2(CCCC2)NC1C. The summed E-state index contributed by atoms with van der Waals surface area (Å²) < 4.78 is 0. The van der Waals surface area contributed by atoms with E-state index < -0.39 is 0 Å². The van der Waals surface area contributed by atoms with Gasteiger partial charge in [0.15, 0.2) is 0 Å². The van der Waals surface area contributed by atoms with Crippen molar-refractivity contribution in [3.05, 3.63) is 0 Å². The first-order valence-electron chi connectivity index (χ1n) is 7.57. The highest BCUT2D eigenvalue weighted by Gasteiger charge is 2.51. The molecule has 104 valence electrons. The van der Waals surface area contributed by atoms with E-state index in [1.807, 2.05) is 0 Å². The monoisotopic (exact) mass is 252 g/mol. The van der Waals surface area contributed by atoms with E-state index in [4.69, 9.17) is 0 Å². The molecule has 3 heteroatoms. The number of amides is 1. The second-order valence-electron chi connectivity index (χ2n) is 6.64. The molecule has 18 heavy (non-hydrogen) atoms. The van der Waals surface area contributed by atoms with Crippen molar-refractivity contribution >= 4 is 5.91 Å². The van der Waals surface area contributed by atoms with Crippen LogP contribution in [0.4, 0.5) is 0 Å². The molecule has 0 bridgehead atoms. The van der Waals surface area contributed by atoms with Gasteiger partial charge in [0.1, 0.15) is 0 Å². The Hall–Kier alpha value is -0.570. The van der Waals surface area contributed by atoms with Gasteiger partial charge in [0.05, 0.1) is 11.7 Å². The predicted molar refractivity (Wildman–Crippen MR) is 74.2 cm³/mol. The summed E-state index contributed by atoms with van der Waals surface area (Å²) in [6, 6.07) is 0.363. The van der Waals surface area contributed by atoms with E-state index in [1.54, 1.807) is 0 Å². The van der Waals surface area contributed by atoms with Crippen molar-refractivity contribution in [2.75, 3.05) is 0 Å². The minimum atomic E-state index is -0.203. The van der Waals surface area contributed by atoms with E-state index in [2.05, 4.69) is 37.9 Å². The van der Waals surface area contributed by atoms with Gasteiger partial charge in [0, 0.05) is 6.04 Å². The summed E-state index contributed by atoms with van der Waals surface area (Å²) in [5.41, 5.74) is -0.203. The van der Waals surface area contributed by atoms with Gasteiger partial charge >= 0.3 is 0 Å². The lowest BCUT2D eigenvalue weighted by Gasteiger charge is -2.29. The summed E-state index contributed by atoms with van der Waals surface area (Å²) in [4.78, 5) is 14.8. The van der Waals surface area contributed by atoms with Crippen molar-refractivity contribution in [3.8, 4) is 0 Å². The van der Waals surface area contributed by atoms with Crippen molar-refractivity contribution < 1.29 is 4.79 Å². The maximum atomic E-state index is 12.7. The highest BCUT2D eigenvalue weighted by molar-refractivity contribution is 5.89. The Morgan fingerprint density at radius 3 is 2.44 bits per heavy atom. The Morgan fingerprint density at radius 2 is 1.89 bits per heavy atom. The number of carbonyl (C=O) groups is 1. The molecule has 2 unspecified atom stereocenters. The van der Waals surface area contributed by atoms with E-state index in [1.165, 1.54) is 19.3 Å². The normalized spacial score (nSPS) is 28.6. The fourth-order valence-electron chi connectivity index (χ4n) is 3.59. The van der Waals surface area contributed by atoms with Crippen LogP contribution in [0.2, 0.25) is 0 Å². The fraction of sp³-hybridized carbons (Fsp3) is 0.933. The zero-order valence-corrected chi connectivity index (χ0v) is 12.3. The molecule has 2 aliphatic rings. The van der Waals surface area contributed by atoms with Gasteiger partial charge in [-0.15, -0.1) is 0 Å². The standard InChI is InChI=1S/C15H28N2O/c1-11(2)7-8-12(3)17-13(4)16-15(14(17)18)9-5-6-10-15/h11-13,16H,5-10H2,1-4H3. The lowest BCUT2D eigenvalue weighted by molar-refractivity contribution is -0.135. The molecule has 2 atom stereocenters. The molecular weight excluding hydrogens is 224 g/mol. The smallest absolute Gasteiger partial charge is 0.244 e. The quantitative estimate of drug-likeness (QED) is 0.834. The zero-order chi connectivity index (χ0) is 13.3. The van der Waals surface area contributed by atoms with Crippen LogP contribution in [0.5, 0.6) is 0 Å². The number of carbonyl (C=O) groups excluding carboxylic acids is 1. The second-order valence-corrected chi connectivity index (χ2v) is 6.64. The van der Waals surface area contributed by atoms with E-state index in [9.17, 15) is 4.79 Å². The number of hydrogen-bond donors (Lipinski definition) is 1. The van der Waals surface area contributed by atoms with E-state index in [0.29, 0.717) is 17.9 Å². The number of nitrogens with zero attached hydrogens (tertiary/aromatic N) is 1. The van der Waals surface area contributed by atoms with Crippen LogP contribution < -0.4 is 5.32 Å². The van der Waals surface area contributed by atoms with Gasteiger partial charge in [-0.1, -0.05) is 26.7 Å². The molecule has 1 heterocycles. The van der Waals surface area contributed by atoms with Gasteiger partial charge in [0.25, 0.3) is 0 Å². The van der Waals surface area contributed by atoms with Crippen molar-refractivity contribution in [2.24, 2.45) is 5.92 Å². The van der Waals surface area contributed by atoms with E-state index in [0.717, 1.165) is 19.3 Å². The van der Waals surface area contributed by atoms with Gasteiger partial charge < -0.3 is 4.90 Å². The molecule has 0 aromatic heterocycles.